The summed E-state index contributed by atoms with van der Waals surface area (Å²) in [5, 5.41) is 12.7. The second kappa shape index (κ2) is 6.30. The molecule has 2 aliphatic carbocycles. The van der Waals surface area contributed by atoms with Crippen molar-refractivity contribution in [1.29, 1.82) is 5.26 Å². The van der Waals surface area contributed by atoms with Crippen molar-refractivity contribution in [2.75, 3.05) is 24.5 Å². The zero-order chi connectivity index (χ0) is 20.3. The van der Waals surface area contributed by atoms with E-state index >= 15 is 0 Å². The Balaban J connectivity index is 1.61. The molecular weight excluding hydrogens is 358 g/mol. The molecule has 0 radical (unpaired) electrons. The number of benzene rings is 2. The molecule has 2 aromatic carbocycles. The third-order valence-electron chi connectivity index (χ3n) is 6.91. The summed E-state index contributed by atoms with van der Waals surface area (Å²) in [5.41, 5.74) is 7.71. The number of nitrogens with zero attached hydrogens (tertiary/aromatic N) is 2. The molecule has 0 bridgehead atoms. The number of carbonyl (C=O) groups is 1. The molecule has 1 atom stereocenters. The zero-order valence-corrected chi connectivity index (χ0v) is 17.2. The molecular formula is C25H25N3O. The lowest BCUT2D eigenvalue weighted by Crippen LogP contribution is -2.50. The van der Waals surface area contributed by atoms with Crippen molar-refractivity contribution in [3.05, 3.63) is 69.8 Å². The number of allylic oxidation sites excluding steroid dienone is 2. The first-order valence-corrected chi connectivity index (χ1v) is 10.4. The van der Waals surface area contributed by atoms with Gasteiger partial charge in [-0.2, -0.15) is 5.26 Å². The van der Waals surface area contributed by atoms with Crippen LogP contribution in [0.15, 0.2) is 42.0 Å². The first-order chi connectivity index (χ1) is 13.9. The first kappa shape index (κ1) is 18.1. The molecule has 0 aromatic heterocycles. The van der Waals surface area contributed by atoms with Crippen LogP contribution in [0.4, 0.5) is 5.69 Å². The van der Waals surface area contributed by atoms with E-state index in [2.05, 4.69) is 49.2 Å². The summed E-state index contributed by atoms with van der Waals surface area (Å²) >= 11 is 0. The van der Waals surface area contributed by atoms with Gasteiger partial charge < -0.3 is 10.2 Å². The molecule has 0 saturated carbocycles. The molecule has 29 heavy (non-hydrogen) atoms. The lowest BCUT2D eigenvalue weighted by atomic mass is 9.68. The quantitative estimate of drug-likeness (QED) is 0.813. The molecule has 4 nitrogen and oxygen atoms in total. The Labute approximate surface area is 171 Å². The molecule has 5 rings (SSSR count). The maximum absolute atomic E-state index is 13.5. The van der Waals surface area contributed by atoms with Crippen LogP contribution in [0, 0.1) is 11.3 Å². The van der Waals surface area contributed by atoms with Gasteiger partial charge in [-0.25, -0.2) is 0 Å². The lowest BCUT2D eigenvalue weighted by Gasteiger charge is -2.39. The molecule has 1 fully saturated rings. The summed E-state index contributed by atoms with van der Waals surface area (Å²) in [6, 6.07) is 14.7. The molecule has 1 N–H and O–H groups in total. The molecule has 0 spiro atoms. The number of fused-ring (bicyclic) bond motifs is 3. The Kier molecular flexibility index (Phi) is 3.94. The minimum atomic E-state index is -0.225. The van der Waals surface area contributed by atoms with E-state index in [0.29, 0.717) is 11.6 Å². The average molecular weight is 383 g/mol. The van der Waals surface area contributed by atoms with Crippen LogP contribution in [0.3, 0.4) is 0 Å². The van der Waals surface area contributed by atoms with Crippen molar-refractivity contribution in [1.82, 2.24) is 5.32 Å². The number of hydrogen-bond acceptors (Lipinski definition) is 4. The average Bonchev–Trinajstić information content (AvgIpc) is 3.12. The zero-order valence-electron chi connectivity index (χ0n) is 17.2. The molecule has 146 valence electrons. The standard InChI is InChI=1S/C25H25N3O/c1-15-14-27-8-9-28(15)18-5-7-20-21(12-18)25(2,3)22-11-17-10-16(13-26)4-6-19(17)23(22)24(20)29/h4-7,10,12,15,27H,8-9,11,14H2,1-3H3/t15-/m0/s1. The van der Waals surface area contributed by atoms with Gasteiger partial charge in [-0.1, -0.05) is 19.9 Å². The van der Waals surface area contributed by atoms with Crippen molar-refractivity contribution in [3.63, 3.8) is 0 Å². The monoisotopic (exact) mass is 383 g/mol. The molecule has 2 aromatic rings. The Morgan fingerprint density at radius 3 is 2.72 bits per heavy atom. The van der Waals surface area contributed by atoms with Gasteiger partial charge in [0, 0.05) is 47.9 Å². The van der Waals surface area contributed by atoms with Crippen LogP contribution in [0.1, 0.15) is 53.4 Å². The smallest absolute Gasteiger partial charge is 0.193 e. The van der Waals surface area contributed by atoms with E-state index in [9.17, 15) is 10.1 Å². The Bertz CT molecular complexity index is 1120. The number of hydrogen-bond donors (Lipinski definition) is 1. The molecule has 0 amide bonds. The third-order valence-corrected chi connectivity index (χ3v) is 6.91. The van der Waals surface area contributed by atoms with Crippen LogP contribution in [0.25, 0.3) is 5.57 Å². The molecule has 3 aliphatic rings. The molecule has 1 heterocycles. The van der Waals surface area contributed by atoms with Crippen LogP contribution in [-0.4, -0.2) is 31.5 Å². The van der Waals surface area contributed by atoms with Crippen LogP contribution >= 0.6 is 0 Å². The predicted molar refractivity (Wildman–Crippen MR) is 115 cm³/mol. The fraction of sp³-hybridized carbons (Fsp3) is 0.360. The fourth-order valence-corrected chi connectivity index (χ4v) is 5.24. The number of piperazine rings is 1. The van der Waals surface area contributed by atoms with E-state index in [1.54, 1.807) is 0 Å². The third kappa shape index (κ3) is 2.58. The summed E-state index contributed by atoms with van der Waals surface area (Å²) in [6.45, 7) is 9.64. The second-order valence-electron chi connectivity index (χ2n) is 8.94. The van der Waals surface area contributed by atoms with Crippen LogP contribution in [0.2, 0.25) is 0 Å². The number of rotatable bonds is 1. The number of nitriles is 1. The van der Waals surface area contributed by atoms with Crippen molar-refractivity contribution < 1.29 is 4.79 Å². The van der Waals surface area contributed by atoms with E-state index in [4.69, 9.17) is 0 Å². The highest BCUT2D eigenvalue weighted by atomic mass is 16.1. The summed E-state index contributed by atoms with van der Waals surface area (Å²) in [5.74, 6) is 0.123. The van der Waals surface area contributed by atoms with Gasteiger partial charge in [0.15, 0.2) is 5.78 Å². The van der Waals surface area contributed by atoms with Crippen LogP contribution in [-0.2, 0) is 11.8 Å². The topological polar surface area (TPSA) is 56.1 Å². The van der Waals surface area contributed by atoms with E-state index in [1.807, 2.05) is 24.3 Å². The molecule has 0 unspecified atom stereocenters. The number of ketones is 1. The summed E-state index contributed by atoms with van der Waals surface area (Å²) in [7, 11) is 0. The highest BCUT2D eigenvalue weighted by molar-refractivity contribution is 6.33. The summed E-state index contributed by atoms with van der Waals surface area (Å²) < 4.78 is 0. The van der Waals surface area contributed by atoms with Gasteiger partial charge in [0.25, 0.3) is 0 Å². The van der Waals surface area contributed by atoms with Gasteiger partial charge in [-0.3, -0.25) is 4.79 Å². The van der Waals surface area contributed by atoms with E-state index in [0.717, 1.165) is 53.9 Å². The molecule has 1 aliphatic heterocycles. The molecule has 4 heteroatoms. The Morgan fingerprint density at radius 2 is 1.97 bits per heavy atom. The first-order valence-electron chi connectivity index (χ1n) is 10.4. The largest absolute Gasteiger partial charge is 0.366 e. The highest BCUT2D eigenvalue weighted by Crippen LogP contribution is 2.50. The van der Waals surface area contributed by atoms with Gasteiger partial charge in [0.2, 0.25) is 0 Å². The molecule has 1 saturated heterocycles. The Hall–Kier alpha value is -2.90. The maximum atomic E-state index is 13.5. The minimum absolute atomic E-state index is 0.123. The van der Waals surface area contributed by atoms with Crippen LogP contribution in [0.5, 0.6) is 0 Å². The van der Waals surface area contributed by atoms with Crippen molar-refractivity contribution in [2.45, 2.75) is 38.6 Å². The maximum Gasteiger partial charge on any atom is 0.193 e. The van der Waals surface area contributed by atoms with E-state index < -0.39 is 0 Å². The van der Waals surface area contributed by atoms with Crippen LogP contribution < -0.4 is 10.2 Å². The van der Waals surface area contributed by atoms with E-state index in [-0.39, 0.29) is 11.2 Å². The number of nitrogens with one attached hydrogen (secondary N) is 1. The predicted octanol–water partition coefficient (Wildman–Crippen LogP) is 3.84. The van der Waals surface area contributed by atoms with Crippen molar-refractivity contribution >= 4 is 17.0 Å². The summed E-state index contributed by atoms with van der Waals surface area (Å²) in [6.07, 6.45) is 0.743. The number of anilines is 1. The lowest BCUT2D eigenvalue weighted by molar-refractivity contribution is 0.105. The number of Topliss-reactive ketones (excluding diaryl/α,β-unsaturated/α-hetero) is 1. The Morgan fingerprint density at radius 1 is 1.17 bits per heavy atom. The van der Waals surface area contributed by atoms with Gasteiger partial charge in [-0.05, 0) is 65.9 Å². The van der Waals surface area contributed by atoms with Gasteiger partial charge in [0.1, 0.15) is 0 Å². The SMILES string of the molecule is C[C@H]1CNCCN1c1ccc2c(c1)C(C)(C)C1=C(C2=O)c2ccc(C#N)cc2C1. The van der Waals surface area contributed by atoms with E-state index in [1.165, 1.54) is 11.3 Å². The minimum Gasteiger partial charge on any atom is -0.366 e. The summed E-state index contributed by atoms with van der Waals surface area (Å²) in [4.78, 5) is 15.9. The van der Waals surface area contributed by atoms with Crippen molar-refractivity contribution in [2.24, 2.45) is 0 Å². The normalized spacial score (nSPS) is 22.1. The fourth-order valence-electron chi connectivity index (χ4n) is 5.24. The van der Waals surface area contributed by atoms with Crippen molar-refractivity contribution in [3.8, 4) is 6.07 Å². The highest BCUT2D eigenvalue weighted by Gasteiger charge is 2.43. The number of carbonyl (C=O) groups excluding carboxylic acids is 1. The second-order valence-corrected chi connectivity index (χ2v) is 8.94. The van der Waals surface area contributed by atoms with Gasteiger partial charge >= 0.3 is 0 Å². The van der Waals surface area contributed by atoms with Gasteiger partial charge in [0.05, 0.1) is 11.6 Å². The van der Waals surface area contributed by atoms with Gasteiger partial charge in [-0.15, -0.1) is 0 Å².